The van der Waals surface area contributed by atoms with Gasteiger partial charge in [-0.2, -0.15) is 0 Å². The standard InChI is InChI=1S/C17H22N2O2/c1-3-19-17(2,16(18)20)10-11-21-15-9-8-13-6-4-5-7-14(13)12-15/h4-9,12,19H,3,10-11H2,1-2H3,(H2,18,20). The fourth-order valence-corrected chi connectivity index (χ4v) is 2.32. The maximum absolute atomic E-state index is 11.5. The first-order valence-corrected chi connectivity index (χ1v) is 7.22. The summed E-state index contributed by atoms with van der Waals surface area (Å²) in [4.78, 5) is 11.5. The van der Waals surface area contributed by atoms with Crippen molar-refractivity contribution in [2.45, 2.75) is 25.8 Å². The van der Waals surface area contributed by atoms with Crippen LogP contribution >= 0.6 is 0 Å². The van der Waals surface area contributed by atoms with Gasteiger partial charge in [0.25, 0.3) is 0 Å². The maximum atomic E-state index is 11.5. The van der Waals surface area contributed by atoms with Crippen LogP contribution in [-0.4, -0.2) is 24.6 Å². The minimum atomic E-state index is -0.731. The SMILES string of the molecule is CCNC(C)(CCOc1ccc2ccccc2c1)C(N)=O. The number of hydrogen-bond acceptors (Lipinski definition) is 3. The third-order valence-corrected chi connectivity index (χ3v) is 3.70. The molecule has 0 saturated heterocycles. The Morgan fingerprint density at radius 3 is 2.62 bits per heavy atom. The molecule has 0 saturated carbocycles. The summed E-state index contributed by atoms with van der Waals surface area (Å²) in [6.45, 7) is 4.88. The third kappa shape index (κ3) is 3.73. The molecule has 4 heteroatoms. The maximum Gasteiger partial charge on any atom is 0.237 e. The summed E-state index contributed by atoms with van der Waals surface area (Å²) in [7, 11) is 0. The van der Waals surface area contributed by atoms with Gasteiger partial charge in [0.15, 0.2) is 0 Å². The van der Waals surface area contributed by atoms with E-state index in [1.807, 2.05) is 50.2 Å². The molecule has 2 aromatic carbocycles. The molecule has 0 aromatic heterocycles. The highest BCUT2D eigenvalue weighted by molar-refractivity contribution is 5.84. The van der Waals surface area contributed by atoms with Gasteiger partial charge in [0, 0.05) is 6.42 Å². The molecule has 1 atom stereocenters. The first kappa shape index (κ1) is 15.3. The van der Waals surface area contributed by atoms with E-state index in [-0.39, 0.29) is 5.91 Å². The van der Waals surface area contributed by atoms with Gasteiger partial charge in [-0.05, 0) is 36.4 Å². The van der Waals surface area contributed by atoms with Gasteiger partial charge in [-0.1, -0.05) is 37.3 Å². The molecule has 0 aliphatic carbocycles. The molecule has 0 heterocycles. The van der Waals surface area contributed by atoms with Crippen LogP contribution < -0.4 is 15.8 Å². The lowest BCUT2D eigenvalue weighted by Crippen LogP contribution is -2.53. The zero-order valence-electron chi connectivity index (χ0n) is 12.6. The van der Waals surface area contributed by atoms with E-state index >= 15 is 0 Å². The van der Waals surface area contributed by atoms with Crippen LogP contribution in [0.4, 0.5) is 0 Å². The molecule has 1 amide bonds. The monoisotopic (exact) mass is 286 g/mol. The van der Waals surface area contributed by atoms with Crippen LogP contribution in [0.5, 0.6) is 5.75 Å². The molecule has 0 fully saturated rings. The molecule has 21 heavy (non-hydrogen) atoms. The van der Waals surface area contributed by atoms with Crippen molar-refractivity contribution in [2.24, 2.45) is 5.73 Å². The number of hydrogen-bond donors (Lipinski definition) is 2. The van der Waals surface area contributed by atoms with Crippen LogP contribution in [-0.2, 0) is 4.79 Å². The molecular weight excluding hydrogens is 264 g/mol. The molecular formula is C17H22N2O2. The largest absolute Gasteiger partial charge is 0.493 e. The van der Waals surface area contributed by atoms with E-state index in [1.165, 1.54) is 5.39 Å². The van der Waals surface area contributed by atoms with Gasteiger partial charge >= 0.3 is 0 Å². The zero-order valence-corrected chi connectivity index (χ0v) is 12.6. The summed E-state index contributed by atoms with van der Waals surface area (Å²) in [5.74, 6) is 0.448. The molecule has 2 aromatic rings. The van der Waals surface area contributed by atoms with E-state index in [0.29, 0.717) is 19.6 Å². The van der Waals surface area contributed by atoms with Crippen molar-refractivity contribution in [3.8, 4) is 5.75 Å². The highest BCUT2D eigenvalue weighted by atomic mass is 16.5. The Morgan fingerprint density at radius 1 is 1.24 bits per heavy atom. The van der Waals surface area contributed by atoms with Crippen LogP contribution in [0.1, 0.15) is 20.3 Å². The van der Waals surface area contributed by atoms with Crippen molar-refractivity contribution in [3.05, 3.63) is 42.5 Å². The van der Waals surface area contributed by atoms with Gasteiger partial charge in [0.2, 0.25) is 5.91 Å². The minimum absolute atomic E-state index is 0.355. The number of carbonyl (C=O) groups is 1. The predicted molar refractivity (Wildman–Crippen MR) is 85.3 cm³/mol. The van der Waals surface area contributed by atoms with Crippen molar-refractivity contribution in [1.29, 1.82) is 0 Å². The first-order chi connectivity index (χ1) is 10.0. The van der Waals surface area contributed by atoms with Crippen LogP contribution in [0.15, 0.2) is 42.5 Å². The topological polar surface area (TPSA) is 64.3 Å². The van der Waals surface area contributed by atoms with Gasteiger partial charge in [-0.25, -0.2) is 0 Å². The molecule has 0 aliphatic rings. The Hall–Kier alpha value is -2.07. The number of ether oxygens (including phenoxy) is 1. The quantitative estimate of drug-likeness (QED) is 0.822. The number of nitrogens with two attached hydrogens (primary N) is 1. The molecule has 0 spiro atoms. The second-order valence-electron chi connectivity index (χ2n) is 5.33. The Balaban J connectivity index is 1.99. The number of primary amides is 1. The first-order valence-electron chi connectivity index (χ1n) is 7.22. The summed E-state index contributed by atoms with van der Waals surface area (Å²) < 4.78 is 5.76. The van der Waals surface area contributed by atoms with E-state index < -0.39 is 5.54 Å². The van der Waals surface area contributed by atoms with E-state index in [9.17, 15) is 4.79 Å². The summed E-state index contributed by atoms with van der Waals surface area (Å²) >= 11 is 0. The minimum Gasteiger partial charge on any atom is -0.493 e. The number of benzene rings is 2. The van der Waals surface area contributed by atoms with Gasteiger partial charge in [0.05, 0.1) is 12.1 Å². The number of rotatable bonds is 7. The molecule has 4 nitrogen and oxygen atoms in total. The van der Waals surface area contributed by atoms with E-state index in [2.05, 4.69) is 11.4 Å². The van der Waals surface area contributed by atoms with Crippen LogP contribution in [0.2, 0.25) is 0 Å². The average molecular weight is 286 g/mol. The molecule has 1 unspecified atom stereocenters. The highest BCUT2D eigenvalue weighted by Crippen LogP contribution is 2.21. The van der Waals surface area contributed by atoms with E-state index in [0.717, 1.165) is 11.1 Å². The zero-order chi connectivity index (χ0) is 15.3. The average Bonchev–Trinajstić information content (AvgIpc) is 2.47. The fraction of sp³-hybridized carbons (Fsp3) is 0.353. The highest BCUT2D eigenvalue weighted by Gasteiger charge is 2.29. The van der Waals surface area contributed by atoms with Crippen molar-refractivity contribution in [2.75, 3.05) is 13.2 Å². The fourth-order valence-electron chi connectivity index (χ4n) is 2.32. The molecule has 112 valence electrons. The lowest BCUT2D eigenvalue weighted by molar-refractivity contribution is -0.124. The van der Waals surface area contributed by atoms with Crippen LogP contribution in [0, 0.1) is 0 Å². The molecule has 0 radical (unpaired) electrons. The van der Waals surface area contributed by atoms with Gasteiger partial charge in [-0.15, -0.1) is 0 Å². The van der Waals surface area contributed by atoms with Crippen molar-refractivity contribution < 1.29 is 9.53 Å². The van der Waals surface area contributed by atoms with E-state index in [4.69, 9.17) is 10.5 Å². The van der Waals surface area contributed by atoms with E-state index in [1.54, 1.807) is 0 Å². The molecule has 3 N–H and O–H groups in total. The summed E-state index contributed by atoms with van der Waals surface area (Å²) in [5, 5.41) is 5.44. The Kier molecular flexibility index (Phi) is 4.81. The molecule has 0 aliphatic heterocycles. The van der Waals surface area contributed by atoms with Gasteiger partial charge in [-0.3, -0.25) is 4.79 Å². The predicted octanol–water partition coefficient (Wildman–Crippen LogP) is 2.46. The number of carbonyl (C=O) groups excluding carboxylic acids is 1. The van der Waals surface area contributed by atoms with Gasteiger partial charge in [0.1, 0.15) is 5.75 Å². The number of likely N-dealkylation sites (N-methyl/N-ethyl adjacent to an activating group) is 1. The van der Waals surface area contributed by atoms with Crippen molar-refractivity contribution >= 4 is 16.7 Å². The lowest BCUT2D eigenvalue weighted by Gasteiger charge is -2.26. The van der Waals surface area contributed by atoms with Gasteiger partial charge < -0.3 is 15.8 Å². The number of fused-ring (bicyclic) bond motifs is 1. The Labute approximate surface area is 125 Å². The normalized spacial score (nSPS) is 13.8. The third-order valence-electron chi connectivity index (χ3n) is 3.70. The smallest absolute Gasteiger partial charge is 0.237 e. The number of amides is 1. The Morgan fingerprint density at radius 2 is 1.95 bits per heavy atom. The molecule has 0 bridgehead atoms. The second-order valence-corrected chi connectivity index (χ2v) is 5.33. The second kappa shape index (κ2) is 6.59. The summed E-state index contributed by atoms with van der Waals surface area (Å²) in [6, 6.07) is 14.1. The van der Waals surface area contributed by atoms with Crippen LogP contribution in [0.3, 0.4) is 0 Å². The summed E-state index contributed by atoms with van der Waals surface area (Å²) in [5.41, 5.74) is 4.72. The molecule has 2 rings (SSSR count). The van der Waals surface area contributed by atoms with Crippen LogP contribution in [0.25, 0.3) is 10.8 Å². The number of nitrogens with one attached hydrogen (secondary N) is 1. The van der Waals surface area contributed by atoms with Crippen molar-refractivity contribution in [3.63, 3.8) is 0 Å². The lowest BCUT2D eigenvalue weighted by atomic mass is 9.97. The Bertz CT molecular complexity index is 627. The summed E-state index contributed by atoms with van der Waals surface area (Å²) in [6.07, 6.45) is 0.531. The van der Waals surface area contributed by atoms with Crippen molar-refractivity contribution in [1.82, 2.24) is 5.32 Å².